The summed E-state index contributed by atoms with van der Waals surface area (Å²) in [5.74, 6) is -2.16. The summed E-state index contributed by atoms with van der Waals surface area (Å²) < 4.78 is 5.46. The highest BCUT2D eigenvalue weighted by Crippen LogP contribution is 2.28. The number of hydrogen-bond acceptors (Lipinski definition) is 5. The molecule has 0 bridgehead atoms. The zero-order valence-electron chi connectivity index (χ0n) is 13.3. The number of nitrogens with one attached hydrogen (secondary N) is 1. The number of ether oxygens (including phenoxy) is 1. The molecule has 126 valence electrons. The standard InChI is InChI=1S/C19H15NO5/c1-11-9-12(7-8-14(11)21)10-15-17(22)16(19(23)24)18(25-15)20-13-5-3-2-4-6-13/h2-10,20-21H,1H3,(H,23,24)/b15-10-. The molecule has 1 heterocycles. The summed E-state index contributed by atoms with van der Waals surface area (Å²) in [5, 5.41) is 21.7. The third-order valence-corrected chi connectivity index (χ3v) is 3.65. The number of carbonyl (C=O) groups is 2. The van der Waals surface area contributed by atoms with Crippen molar-refractivity contribution in [1.82, 2.24) is 0 Å². The number of ketones is 1. The highest BCUT2D eigenvalue weighted by Gasteiger charge is 2.35. The molecule has 0 amide bonds. The van der Waals surface area contributed by atoms with E-state index in [4.69, 9.17) is 4.74 Å². The molecule has 0 saturated carbocycles. The van der Waals surface area contributed by atoms with Gasteiger partial charge < -0.3 is 20.3 Å². The molecule has 3 rings (SSSR count). The summed E-state index contributed by atoms with van der Waals surface area (Å²) in [6.45, 7) is 1.72. The van der Waals surface area contributed by atoms with E-state index < -0.39 is 17.3 Å². The first-order chi connectivity index (χ1) is 12.0. The van der Waals surface area contributed by atoms with E-state index in [2.05, 4.69) is 5.32 Å². The monoisotopic (exact) mass is 337 g/mol. The minimum atomic E-state index is -1.37. The summed E-state index contributed by atoms with van der Waals surface area (Å²) in [6, 6.07) is 13.6. The Kier molecular flexibility index (Phi) is 4.26. The third kappa shape index (κ3) is 3.37. The fourth-order valence-electron chi connectivity index (χ4n) is 2.38. The van der Waals surface area contributed by atoms with Crippen LogP contribution in [-0.2, 0) is 14.3 Å². The summed E-state index contributed by atoms with van der Waals surface area (Å²) >= 11 is 0. The summed E-state index contributed by atoms with van der Waals surface area (Å²) in [4.78, 5) is 23.8. The molecule has 0 radical (unpaired) electrons. The Morgan fingerprint density at radius 1 is 1.16 bits per heavy atom. The van der Waals surface area contributed by atoms with E-state index in [9.17, 15) is 19.8 Å². The van der Waals surface area contributed by atoms with E-state index in [1.54, 1.807) is 43.3 Å². The topological polar surface area (TPSA) is 95.9 Å². The number of phenolic OH excluding ortho intramolecular Hbond substituents is 1. The fourth-order valence-corrected chi connectivity index (χ4v) is 2.38. The molecule has 0 saturated heterocycles. The van der Waals surface area contributed by atoms with Crippen molar-refractivity contribution in [2.24, 2.45) is 0 Å². The zero-order valence-corrected chi connectivity index (χ0v) is 13.3. The van der Waals surface area contributed by atoms with Crippen LogP contribution in [0.3, 0.4) is 0 Å². The number of allylic oxidation sites excluding steroid dienone is 1. The van der Waals surface area contributed by atoms with Gasteiger partial charge in [-0.1, -0.05) is 24.3 Å². The maximum Gasteiger partial charge on any atom is 0.345 e. The van der Waals surface area contributed by atoms with E-state index in [0.717, 1.165) is 0 Å². The number of Topliss-reactive ketones (excluding diaryl/α,β-unsaturated/α-hetero) is 1. The molecule has 2 aromatic rings. The maximum absolute atomic E-state index is 12.4. The molecule has 0 unspecified atom stereocenters. The molecule has 1 aliphatic heterocycles. The van der Waals surface area contributed by atoms with Crippen molar-refractivity contribution in [3.05, 3.63) is 76.9 Å². The maximum atomic E-state index is 12.4. The van der Waals surface area contributed by atoms with Gasteiger partial charge >= 0.3 is 5.97 Å². The molecule has 0 aromatic heterocycles. The molecule has 6 heteroatoms. The molecule has 0 aliphatic carbocycles. The number of carbonyl (C=O) groups excluding carboxylic acids is 1. The van der Waals surface area contributed by atoms with Crippen LogP contribution in [0, 0.1) is 6.92 Å². The highest BCUT2D eigenvalue weighted by molar-refractivity contribution is 6.26. The third-order valence-electron chi connectivity index (χ3n) is 3.65. The predicted octanol–water partition coefficient (Wildman–Crippen LogP) is 3.05. The van der Waals surface area contributed by atoms with E-state index in [1.807, 2.05) is 6.07 Å². The Hall–Kier alpha value is -3.54. The van der Waals surface area contributed by atoms with Crippen LogP contribution in [-0.4, -0.2) is 22.0 Å². The lowest BCUT2D eigenvalue weighted by Gasteiger charge is -2.07. The molecule has 0 spiro atoms. The average molecular weight is 337 g/mol. The number of carboxylic acids is 1. The van der Waals surface area contributed by atoms with Gasteiger partial charge in [-0.25, -0.2) is 4.79 Å². The van der Waals surface area contributed by atoms with Gasteiger partial charge in [0.25, 0.3) is 0 Å². The van der Waals surface area contributed by atoms with E-state index in [-0.39, 0.29) is 17.4 Å². The van der Waals surface area contributed by atoms with Gasteiger partial charge in [-0.15, -0.1) is 0 Å². The normalized spacial score (nSPS) is 15.4. The molecule has 0 atom stereocenters. The number of anilines is 1. The number of carboxylic acid groups (broad SMARTS) is 1. The second kappa shape index (κ2) is 6.52. The predicted molar refractivity (Wildman–Crippen MR) is 91.6 cm³/mol. The summed E-state index contributed by atoms with van der Waals surface area (Å²) in [7, 11) is 0. The van der Waals surface area contributed by atoms with E-state index >= 15 is 0 Å². The number of aryl methyl sites for hydroxylation is 1. The van der Waals surface area contributed by atoms with Crippen LogP contribution in [0.15, 0.2) is 65.7 Å². The Bertz CT molecular complexity index is 913. The highest BCUT2D eigenvalue weighted by atomic mass is 16.5. The van der Waals surface area contributed by atoms with Crippen molar-refractivity contribution in [3.8, 4) is 5.75 Å². The number of hydrogen-bond donors (Lipinski definition) is 3. The van der Waals surface area contributed by atoms with Crippen LogP contribution >= 0.6 is 0 Å². The Morgan fingerprint density at radius 2 is 1.88 bits per heavy atom. The first-order valence-corrected chi connectivity index (χ1v) is 7.49. The van der Waals surface area contributed by atoms with Gasteiger partial charge in [0.1, 0.15) is 5.75 Å². The molecule has 0 fully saturated rings. The molecule has 1 aliphatic rings. The van der Waals surface area contributed by atoms with Gasteiger partial charge in [-0.2, -0.15) is 0 Å². The molecular weight excluding hydrogens is 322 g/mol. The second-order valence-corrected chi connectivity index (χ2v) is 5.49. The van der Waals surface area contributed by atoms with Crippen molar-refractivity contribution in [1.29, 1.82) is 0 Å². The van der Waals surface area contributed by atoms with Gasteiger partial charge in [0.15, 0.2) is 11.3 Å². The lowest BCUT2D eigenvalue weighted by atomic mass is 10.1. The molecule has 2 aromatic carbocycles. The number of para-hydroxylation sites is 1. The van der Waals surface area contributed by atoms with Crippen LogP contribution in [0.5, 0.6) is 5.75 Å². The number of benzene rings is 2. The Morgan fingerprint density at radius 3 is 2.52 bits per heavy atom. The van der Waals surface area contributed by atoms with Crippen LogP contribution in [0.25, 0.3) is 6.08 Å². The van der Waals surface area contributed by atoms with Gasteiger partial charge in [-0.05, 0) is 48.4 Å². The van der Waals surface area contributed by atoms with Crippen molar-refractivity contribution in [2.45, 2.75) is 6.92 Å². The number of aliphatic carboxylic acids is 1. The van der Waals surface area contributed by atoms with Crippen molar-refractivity contribution in [3.63, 3.8) is 0 Å². The fraction of sp³-hybridized carbons (Fsp3) is 0.0526. The smallest absolute Gasteiger partial charge is 0.345 e. The van der Waals surface area contributed by atoms with Gasteiger partial charge in [0, 0.05) is 5.69 Å². The second-order valence-electron chi connectivity index (χ2n) is 5.49. The van der Waals surface area contributed by atoms with Crippen LogP contribution in [0.1, 0.15) is 11.1 Å². The average Bonchev–Trinajstić information content (AvgIpc) is 2.87. The minimum absolute atomic E-state index is 0.0964. The van der Waals surface area contributed by atoms with E-state index in [0.29, 0.717) is 16.8 Å². The SMILES string of the molecule is Cc1cc(/C=C2\OC(Nc3ccccc3)=C(C(=O)O)C2=O)ccc1O. The quantitative estimate of drug-likeness (QED) is 0.586. The molecular formula is C19H15NO5. The Balaban J connectivity index is 1.93. The number of rotatable bonds is 4. The minimum Gasteiger partial charge on any atom is -0.508 e. The number of phenols is 1. The van der Waals surface area contributed by atoms with Gasteiger partial charge in [0.2, 0.25) is 11.7 Å². The van der Waals surface area contributed by atoms with Crippen LogP contribution in [0.4, 0.5) is 5.69 Å². The first kappa shape index (κ1) is 16.3. The van der Waals surface area contributed by atoms with Crippen molar-refractivity contribution in [2.75, 3.05) is 5.32 Å². The Labute approximate surface area is 143 Å². The summed E-state index contributed by atoms with van der Waals surface area (Å²) in [5.41, 5.74) is 1.40. The molecule has 6 nitrogen and oxygen atoms in total. The lowest BCUT2D eigenvalue weighted by Crippen LogP contribution is -2.12. The van der Waals surface area contributed by atoms with Crippen LogP contribution in [0.2, 0.25) is 0 Å². The van der Waals surface area contributed by atoms with Crippen molar-refractivity contribution >= 4 is 23.5 Å². The van der Waals surface area contributed by atoms with E-state index in [1.165, 1.54) is 12.1 Å². The largest absolute Gasteiger partial charge is 0.508 e. The van der Waals surface area contributed by atoms with Crippen molar-refractivity contribution < 1.29 is 24.5 Å². The molecule has 25 heavy (non-hydrogen) atoms. The molecule has 3 N–H and O–H groups in total. The number of aromatic hydroxyl groups is 1. The van der Waals surface area contributed by atoms with Crippen LogP contribution < -0.4 is 5.32 Å². The first-order valence-electron chi connectivity index (χ1n) is 7.49. The lowest BCUT2D eigenvalue weighted by molar-refractivity contribution is -0.134. The zero-order chi connectivity index (χ0) is 18.0. The van der Waals surface area contributed by atoms with Gasteiger partial charge in [0.05, 0.1) is 0 Å². The van der Waals surface area contributed by atoms with Gasteiger partial charge in [-0.3, -0.25) is 4.79 Å². The summed E-state index contributed by atoms with van der Waals surface area (Å²) in [6.07, 6.45) is 1.44.